The molecule has 0 atom stereocenters. The highest BCUT2D eigenvalue weighted by atomic mass is 15.3. The zero-order valence-corrected chi connectivity index (χ0v) is 9.08. The normalized spacial score (nSPS) is 21.9. The van der Waals surface area contributed by atoms with E-state index < -0.39 is 0 Å². The fourth-order valence-corrected chi connectivity index (χ4v) is 2.50. The van der Waals surface area contributed by atoms with Crippen molar-refractivity contribution in [1.29, 1.82) is 0 Å². The number of nitrogens with zero attached hydrogens (tertiary/aromatic N) is 3. The van der Waals surface area contributed by atoms with Crippen LogP contribution in [-0.4, -0.2) is 34.3 Å². The number of rotatable bonds is 2. The molecule has 0 unspecified atom stereocenters. The Morgan fingerprint density at radius 3 is 2.93 bits per heavy atom. The van der Waals surface area contributed by atoms with Crippen LogP contribution in [0.2, 0.25) is 0 Å². The third-order valence-electron chi connectivity index (χ3n) is 3.30. The minimum atomic E-state index is 0.979. The lowest BCUT2D eigenvalue weighted by Crippen LogP contribution is -2.28. The summed E-state index contributed by atoms with van der Waals surface area (Å²) in [5, 5.41) is 8.02. The lowest BCUT2D eigenvalue weighted by Gasteiger charge is -2.13. The predicted octanol–water partition coefficient (Wildman–Crippen LogP) is 0.582. The van der Waals surface area contributed by atoms with Gasteiger partial charge in [0.1, 0.15) is 0 Å². The average Bonchev–Trinajstić information content (AvgIpc) is 2.86. The van der Waals surface area contributed by atoms with Crippen molar-refractivity contribution < 1.29 is 0 Å². The molecule has 3 rings (SSSR count). The fourth-order valence-electron chi connectivity index (χ4n) is 2.50. The molecule has 15 heavy (non-hydrogen) atoms. The first-order valence-corrected chi connectivity index (χ1v) is 5.90. The van der Waals surface area contributed by atoms with Crippen LogP contribution in [-0.2, 0) is 19.6 Å². The number of hydrogen-bond donors (Lipinski definition) is 1. The van der Waals surface area contributed by atoms with Crippen LogP contribution in [0.25, 0.3) is 0 Å². The largest absolute Gasteiger partial charge is 0.309 e. The Bertz CT molecular complexity index is 315. The summed E-state index contributed by atoms with van der Waals surface area (Å²) in [4.78, 5) is 2.50. The lowest BCUT2D eigenvalue weighted by molar-refractivity contribution is 0.325. The van der Waals surface area contributed by atoms with E-state index in [2.05, 4.69) is 26.1 Å². The van der Waals surface area contributed by atoms with Crippen molar-refractivity contribution in [3.63, 3.8) is 0 Å². The second-order valence-electron chi connectivity index (χ2n) is 4.51. The van der Waals surface area contributed by atoms with Gasteiger partial charge in [-0.2, -0.15) is 5.10 Å². The van der Waals surface area contributed by atoms with Gasteiger partial charge in [-0.3, -0.25) is 9.58 Å². The van der Waals surface area contributed by atoms with E-state index in [9.17, 15) is 0 Å². The minimum Gasteiger partial charge on any atom is -0.309 e. The molecule has 1 fully saturated rings. The number of aromatic nitrogens is 2. The molecule has 0 amide bonds. The predicted molar refractivity (Wildman–Crippen MR) is 58.4 cm³/mol. The lowest BCUT2D eigenvalue weighted by atomic mass is 10.3. The Morgan fingerprint density at radius 2 is 2.13 bits per heavy atom. The summed E-state index contributed by atoms with van der Waals surface area (Å²) in [7, 11) is 0. The molecule has 3 heterocycles. The third kappa shape index (κ3) is 1.92. The standard InChI is InChI=1S/C11H18N4/c1-2-5-14(4-1)9-10-7-11-8-12-3-6-15(11)13-10/h7,12H,1-6,8-9H2. The molecule has 0 saturated carbocycles. The molecule has 4 heteroatoms. The van der Waals surface area contributed by atoms with Crippen LogP contribution in [0.3, 0.4) is 0 Å². The molecular formula is C11H18N4. The van der Waals surface area contributed by atoms with Crippen molar-refractivity contribution in [3.8, 4) is 0 Å². The summed E-state index contributed by atoms with van der Waals surface area (Å²) in [6.07, 6.45) is 2.71. The maximum absolute atomic E-state index is 4.65. The molecule has 0 aromatic carbocycles. The first-order valence-electron chi connectivity index (χ1n) is 5.90. The molecule has 0 radical (unpaired) electrons. The van der Waals surface area contributed by atoms with Crippen molar-refractivity contribution in [2.45, 2.75) is 32.5 Å². The Morgan fingerprint density at radius 1 is 1.27 bits per heavy atom. The van der Waals surface area contributed by atoms with Crippen LogP contribution >= 0.6 is 0 Å². The first kappa shape index (κ1) is 9.36. The average molecular weight is 206 g/mol. The van der Waals surface area contributed by atoms with Gasteiger partial charge in [-0.05, 0) is 32.0 Å². The highest BCUT2D eigenvalue weighted by Gasteiger charge is 2.16. The molecule has 1 saturated heterocycles. The van der Waals surface area contributed by atoms with Crippen LogP contribution in [0.4, 0.5) is 0 Å². The third-order valence-corrected chi connectivity index (χ3v) is 3.30. The van der Waals surface area contributed by atoms with E-state index in [0.29, 0.717) is 0 Å². The molecule has 82 valence electrons. The highest BCUT2D eigenvalue weighted by Crippen LogP contribution is 2.14. The van der Waals surface area contributed by atoms with Crippen LogP contribution in [0.5, 0.6) is 0 Å². The van der Waals surface area contributed by atoms with E-state index in [1.54, 1.807) is 0 Å². The van der Waals surface area contributed by atoms with Crippen molar-refractivity contribution in [1.82, 2.24) is 20.0 Å². The number of fused-ring (bicyclic) bond motifs is 1. The van der Waals surface area contributed by atoms with E-state index in [0.717, 1.165) is 26.2 Å². The maximum atomic E-state index is 4.65. The number of likely N-dealkylation sites (tertiary alicyclic amines) is 1. The summed E-state index contributed by atoms with van der Waals surface area (Å²) in [5.41, 5.74) is 2.59. The van der Waals surface area contributed by atoms with Crippen LogP contribution in [0.15, 0.2) is 6.07 Å². The van der Waals surface area contributed by atoms with Crippen molar-refractivity contribution in [2.75, 3.05) is 19.6 Å². The van der Waals surface area contributed by atoms with Crippen molar-refractivity contribution in [2.24, 2.45) is 0 Å². The van der Waals surface area contributed by atoms with Gasteiger partial charge < -0.3 is 5.32 Å². The molecule has 0 bridgehead atoms. The molecule has 1 aromatic heterocycles. The van der Waals surface area contributed by atoms with Gasteiger partial charge in [0.05, 0.1) is 17.9 Å². The Kier molecular flexibility index (Phi) is 2.46. The molecule has 2 aliphatic rings. The van der Waals surface area contributed by atoms with Crippen LogP contribution in [0.1, 0.15) is 24.2 Å². The van der Waals surface area contributed by atoms with E-state index in [4.69, 9.17) is 0 Å². The van der Waals surface area contributed by atoms with E-state index >= 15 is 0 Å². The van der Waals surface area contributed by atoms with Gasteiger partial charge in [-0.15, -0.1) is 0 Å². The first-order chi connectivity index (χ1) is 7.42. The Hall–Kier alpha value is -0.870. The Balaban J connectivity index is 1.72. The SMILES string of the molecule is c1c(CN2CCCC2)nn2c1CNCC2. The second kappa shape index (κ2) is 3.94. The fraction of sp³-hybridized carbons (Fsp3) is 0.727. The minimum absolute atomic E-state index is 0.979. The number of hydrogen-bond acceptors (Lipinski definition) is 3. The van der Waals surface area contributed by atoms with Gasteiger partial charge in [-0.1, -0.05) is 0 Å². The van der Waals surface area contributed by atoms with Crippen molar-refractivity contribution >= 4 is 0 Å². The van der Waals surface area contributed by atoms with Gasteiger partial charge in [0.2, 0.25) is 0 Å². The van der Waals surface area contributed by atoms with Gasteiger partial charge in [-0.25, -0.2) is 0 Å². The summed E-state index contributed by atoms with van der Waals surface area (Å²) in [6.45, 7) is 6.60. The van der Waals surface area contributed by atoms with E-state index in [1.165, 1.54) is 37.3 Å². The summed E-state index contributed by atoms with van der Waals surface area (Å²) in [6, 6.07) is 2.25. The molecule has 4 nitrogen and oxygen atoms in total. The molecule has 0 aliphatic carbocycles. The summed E-state index contributed by atoms with van der Waals surface area (Å²) < 4.78 is 2.15. The number of nitrogens with one attached hydrogen (secondary N) is 1. The van der Waals surface area contributed by atoms with E-state index in [-0.39, 0.29) is 0 Å². The molecule has 2 aliphatic heterocycles. The Labute approximate surface area is 90.3 Å². The molecule has 0 spiro atoms. The molecular weight excluding hydrogens is 188 g/mol. The van der Waals surface area contributed by atoms with Gasteiger partial charge >= 0.3 is 0 Å². The zero-order valence-electron chi connectivity index (χ0n) is 9.08. The maximum Gasteiger partial charge on any atom is 0.0768 e. The summed E-state index contributed by atoms with van der Waals surface area (Å²) >= 11 is 0. The second-order valence-corrected chi connectivity index (χ2v) is 4.51. The highest BCUT2D eigenvalue weighted by molar-refractivity contribution is 5.11. The molecule has 1 N–H and O–H groups in total. The smallest absolute Gasteiger partial charge is 0.0768 e. The van der Waals surface area contributed by atoms with Crippen molar-refractivity contribution in [3.05, 3.63) is 17.5 Å². The quantitative estimate of drug-likeness (QED) is 0.768. The van der Waals surface area contributed by atoms with E-state index in [1.807, 2.05) is 0 Å². The van der Waals surface area contributed by atoms with Crippen LogP contribution in [0, 0.1) is 0 Å². The molecule has 1 aromatic rings. The summed E-state index contributed by atoms with van der Waals surface area (Å²) in [5.74, 6) is 0. The van der Waals surface area contributed by atoms with Gasteiger partial charge in [0.25, 0.3) is 0 Å². The monoisotopic (exact) mass is 206 g/mol. The van der Waals surface area contributed by atoms with Gasteiger partial charge in [0.15, 0.2) is 0 Å². The zero-order chi connectivity index (χ0) is 10.1. The topological polar surface area (TPSA) is 33.1 Å². The van der Waals surface area contributed by atoms with Crippen LogP contribution < -0.4 is 5.32 Å². The van der Waals surface area contributed by atoms with Gasteiger partial charge in [0, 0.05) is 19.6 Å².